The molecular weight excluding hydrogens is 178 g/mol. The van der Waals surface area contributed by atoms with E-state index in [1.165, 1.54) is 12.8 Å². The third kappa shape index (κ3) is 8.48. The molecule has 0 bridgehead atoms. The Balaban J connectivity index is 3.40. The van der Waals surface area contributed by atoms with Gasteiger partial charge in [0, 0.05) is 20.3 Å². The number of aliphatic hydroxyl groups excluding tert-OH is 1. The second-order valence-corrected chi connectivity index (χ2v) is 3.62. The van der Waals surface area contributed by atoms with Gasteiger partial charge in [-0.1, -0.05) is 13.3 Å². The van der Waals surface area contributed by atoms with Gasteiger partial charge in [-0.3, -0.25) is 0 Å². The molecule has 0 aromatic heterocycles. The van der Waals surface area contributed by atoms with Crippen LogP contribution in [0.15, 0.2) is 0 Å². The monoisotopic (exact) mass is 203 g/mol. The maximum Gasteiger partial charge on any atom is 0.0558 e. The van der Waals surface area contributed by atoms with E-state index in [0.29, 0.717) is 0 Å². The Labute approximate surface area is 88.1 Å². The molecule has 86 valence electrons. The zero-order valence-electron chi connectivity index (χ0n) is 9.67. The summed E-state index contributed by atoms with van der Waals surface area (Å²) in [7, 11) is 1.74. The molecule has 0 saturated heterocycles. The quantitative estimate of drug-likeness (QED) is 0.546. The normalized spacial score (nSPS) is 11.1. The highest BCUT2D eigenvalue weighted by atomic mass is 16.5. The minimum absolute atomic E-state index is 0.272. The van der Waals surface area contributed by atoms with Crippen LogP contribution in [0, 0.1) is 0 Å². The highest BCUT2D eigenvalue weighted by molar-refractivity contribution is 4.57. The molecule has 0 amide bonds. The minimum atomic E-state index is 0.272. The first-order valence-electron chi connectivity index (χ1n) is 5.67. The van der Waals surface area contributed by atoms with Crippen molar-refractivity contribution in [3.05, 3.63) is 0 Å². The summed E-state index contributed by atoms with van der Waals surface area (Å²) in [5.74, 6) is 0. The number of nitrogens with zero attached hydrogens (tertiary/aromatic N) is 1. The van der Waals surface area contributed by atoms with Crippen molar-refractivity contribution in [3.8, 4) is 0 Å². The Bertz CT molecular complexity index is 109. The molecule has 0 rings (SSSR count). The van der Waals surface area contributed by atoms with Crippen LogP contribution in [0.4, 0.5) is 0 Å². The van der Waals surface area contributed by atoms with Gasteiger partial charge in [-0.2, -0.15) is 0 Å². The predicted octanol–water partition coefficient (Wildman–Crippen LogP) is 1.51. The van der Waals surface area contributed by atoms with E-state index in [0.717, 1.165) is 39.1 Å². The summed E-state index contributed by atoms with van der Waals surface area (Å²) in [6.45, 7) is 6.33. The lowest BCUT2D eigenvalue weighted by Crippen LogP contribution is -2.29. The lowest BCUT2D eigenvalue weighted by molar-refractivity contribution is 0.170. The maximum atomic E-state index is 8.87. The van der Waals surface area contributed by atoms with E-state index in [4.69, 9.17) is 9.84 Å². The first-order chi connectivity index (χ1) is 6.85. The largest absolute Gasteiger partial charge is 0.395 e. The second-order valence-electron chi connectivity index (χ2n) is 3.62. The van der Waals surface area contributed by atoms with Crippen molar-refractivity contribution in [2.24, 2.45) is 0 Å². The van der Waals surface area contributed by atoms with Crippen LogP contribution >= 0.6 is 0 Å². The second kappa shape index (κ2) is 11.0. The number of rotatable bonds is 10. The van der Waals surface area contributed by atoms with Crippen LogP contribution in [-0.4, -0.2) is 50.0 Å². The number of aliphatic hydroxyl groups is 1. The van der Waals surface area contributed by atoms with Crippen LogP contribution in [0.2, 0.25) is 0 Å². The van der Waals surface area contributed by atoms with E-state index >= 15 is 0 Å². The van der Waals surface area contributed by atoms with Gasteiger partial charge in [0.15, 0.2) is 0 Å². The van der Waals surface area contributed by atoms with Crippen molar-refractivity contribution in [3.63, 3.8) is 0 Å². The van der Waals surface area contributed by atoms with E-state index in [1.54, 1.807) is 7.11 Å². The third-order valence-corrected chi connectivity index (χ3v) is 2.32. The van der Waals surface area contributed by atoms with Crippen LogP contribution in [-0.2, 0) is 4.74 Å². The Morgan fingerprint density at radius 2 is 1.79 bits per heavy atom. The van der Waals surface area contributed by atoms with Gasteiger partial charge >= 0.3 is 0 Å². The van der Waals surface area contributed by atoms with Crippen molar-refractivity contribution in [1.82, 2.24) is 4.90 Å². The molecule has 14 heavy (non-hydrogen) atoms. The summed E-state index contributed by atoms with van der Waals surface area (Å²) >= 11 is 0. The van der Waals surface area contributed by atoms with Gasteiger partial charge in [0.2, 0.25) is 0 Å². The average molecular weight is 203 g/mol. The Morgan fingerprint density at radius 3 is 2.36 bits per heavy atom. The van der Waals surface area contributed by atoms with Gasteiger partial charge in [0.25, 0.3) is 0 Å². The number of unbranched alkanes of at least 4 members (excludes halogenated alkanes) is 2. The Morgan fingerprint density at radius 1 is 1.07 bits per heavy atom. The standard InChI is InChI=1S/C11H25NO2/c1-3-4-7-12(9-10-13)8-5-6-11-14-2/h13H,3-11H2,1-2H3. The molecule has 3 nitrogen and oxygen atoms in total. The van der Waals surface area contributed by atoms with Gasteiger partial charge in [0.05, 0.1) is 6.61 Å². The zero-order valence-corrected chi connectivity index (χ0v) is 9.67. The molecule has 0 aliphatic heterocycles. The van der Waals surface area contributed by atoms with E-state index in [1.807, 2.05) is 0 Å². The third-order valence-electron chi connectivity index (χ3n) is 2.32. The fourth-order valence-electron chi connectivity index (χ4n) is 1.44. The summed E-state index contributed by atoms with van der Waals surface area (Å²) in [5, 5.41) is 8.87. The smallest absolute Gasteiger partial charge is 0.0558 e. The molecule has 0 aromatic carbocycles. The fraction of sp³-hybridized carbons (Fsp3) is 1.00. The lowest BCUT2D eigenvalue weighted by Gasteiger charge is -2.20. The molecule has 0 fully saturated rings. The van der Waals surface area contributed by atoms with Gasteiger partial charge in [-0.15, -0.1) is 0 Å². The summed E-state index contributed by atoms with van der Waals surface area (Å²) in [5.41, 5.74) is 0. The molecule has 0 unspecified atom stereocenters. The van der Waals surface area contributed by atoms with Gasteiger partial charge in [-0.25, -0.2) is 0 Å². The van der Waals surface area contributed by atoms with E-state index in [2.05, 4.69) is 11.8 Å². The zero-order chi connectivity index (χ0) is 10.6. The van der Waals surface area contributed by atoms with Crippen LogP contribution in [0.25, 0.3) is 0 Å². The summed E-state index contributed by atoms with van der Waals surface area (Å²) < 4.78 is 5.00. The molecule has 0 aliphatic rings. The number of methoxy groups -OCH3 is 1. The maximum absolute atomic E-state index is 8.87. The topological polar surface area (TPSA) is 32.7 Å². The molecule has 0 aromatic rings. The van der Waals surface area contributed by atoms with E-state index in [9.17, 15) is 0 Å². The van der Waals surface area contributed by atoms with Gasteiger partial charge < -0.3 is 14.7 Å². The molecule has 0 radical (unpaired) electrons. The molecule has 0 atom stereocenters. The predicted molar refractivity (Wildman–Crippen MR) is 59.5 cm³/mol. The molecule has 0 aliphatic carbocycles. The number of ether oxygens (including phenoxy) is 1. The highest BCUT2D eigenvalue weighted by Gasteiger charge is 2.02. The van der Waals surface area contributed by atoms with Crippen LogP contribution in [0.5, 0.6) is 0 Å². The molecule has 3 heteroatoms. The molecule has 1 N–H and O–H groups in total. The summed E-state index contributed by atoms with van der Waals surface area (Å²) in [6, 6.07) is 0. The molecule has 0 heterocycles. The summed E-state index contributed by atoms with van der Waals surface area (Å²) in [4.78, 5) is 2.33. The summed E-state index contributed by atoms with van der Waals surface area (Å²) in [6.07, 6.45) is 4.73. The first-order valence-corrected chi connectivity index (χ1v) is 5.67. The van der Waals surface area contributed by atoms with Crippen LogP contribution in [0.1, 0.15) is 32.6 Å². The van der Waals surface area contributed by atoms with Crippen LogP contribution in [0.3, 0.4) is 0 Å². The SMILES string of the molecule is CCCCN(CCO)CCCCOC. The van der Waals surface area contributed by atoms with Crippen molar-refractivity contribution >= 4 is 0 Å². The van der Waals surface area contributed by atoms with Crippen molar-refractivity contribution < 1.29 is 9.84 Å². The number of hydrogen-bond acceptors (Lipinski definition) is 3. The molecule has 0 saturated carbocycles. The van der Waals surface area contributed by atoms with Crippen molar-refractivity contribution in [2.75, 3.05) is 40.0 Å². The molecule has 0 spiro atoms. The van der Waals surface area contributed by atoms with Crippen molar-refractivity contribution in [2.45, 2.75) is 32.6 Å². The van der Waals surface area contributed by atoms with Gasteiger partial charge in [-0.05, 0) is 32.4 Å². The number of hydrogen-bond donors (Lipinski definition) is 1. The van der Waals surface area contributed by atoms with E-state index in [-0.39, 0.29) is 6.61 Å². The Kier molecular flexibility index (Phi) is 10.9. The highest BCUT2D eigenvalue weighted by Crippen LogP contribution is 1.98. The first kappa shape index (κ1) is 13.9. The Hall–Kier alpha value is -0.120. The minimum Gasteiger partial charge on any atom is -0.395 e. The van der Waals surface area contributed by atoms with Gasteiger partial charge in [0.1, 0.15) is 0 Å². The van der Waals surface area contributed by atoms with Crippen LogP contribution < -0.4 is 0 Å². The van der Waals surface area contributed by atoms with Crippen molar-refractivity contribution in [1.29, 1.82) is 0 Å². The fourth-order valence-corrected chi connectivity index (χ4v) is 1.44. The lowest BCUT2D eigenvalue weighted by atomic mass is 10.2. The van der Waals surface area contributed by atoms with E-state index < -0.39 is 0 Å². The average Bonchev–Trinajstić information content (AvgIpc) is 2.20. The molecular formula is C11H25NO2.